The van der Waals surface area contributed by atoms with Crippen LogP contribution in [-0.4, -0.2) is 145 Å². The summed E-state index contributed by atoms with van der Waals surface area (Å²) in [5, 5.41) is 23.9. The molecule has 6 aromatic heterocycles. The zero-order valence-corrected chi connectivity index (χ0v) is 51.5. The van der Waals surface area contributed by atoms with Gasteiger partial charge in [0.25, 0.3) is 5.92 Å². The van der Waals surface area contributed by atoms with Gasteiger partial charge >= 0.3 is 12.2 Å². The number of carbonyl (C=O) groups is 2. The summed E-state index contributed by atoms with van der Waals surface area (Å²) in [6.45, 7) is 16.9. The van der Waals surface area contributed by atoms with Crippen LogP contribution < -0.4 is 20.3 Å². The Bertz CT molecular complexity index is 3840. The van der Waals surface area contributed by atoms with E-state index in [4.69, 9.17) is 14.7 Å². The van der Waals surface area contributed by atoms with E-state index in [1.54, 1.807) is 22.1 Å². The standard InChI is InChI=1S/C45H52F5N11O2S.C17H21N3OS/c1-24-12-29-28(13-52-56-29)32(34(24)45(48,49)50)35-36-27(10-11-51-35)33-37(60-14-25-8-9-26(15-60)53-25)54-39(55-38(33)64-36)63-23-43(20-44(43,46)47)22-59(7)21-41(5)18-42(6,19-41)30-16-61(58-57-30)31(17-62)40(2,3)4;1-12-16(22-11-19-12)14-7-5-13(6-8-14)10-18-17(21)15-4-3-9-20(15)2/h10-13,16-17,25-26,31,53H,8-9,14-15,18-23H2,1-7H3,(H,52,56);5-8,11,15H,3-4,9-10H2,1-2H3,(H,18,21)/t25?,26?,31?,41?,42?,43-;/m1./s1. The first-order valence-corrected chi connectivity index (χ1v) is 31.1. The second-order valence-electron chi connectivity index (χ2n) is 26.7. The van der Waals surface area contributed by atoms with Crippen LogP contribution in [-0.2, 0) is 27.7 Å². The molecule has 5 aliphatic rings. The number of likely N-dealkylation sites (tertiary alicyclic amines) is 1. The maximum atomic E-state index is 15.6. The number of hydrogen-bond acceptors (Lipinski definition) is 16. The van der Waals surface area contributed by atoms with Gasteiger partial charge in [0, 0.05) is 85.4 Å². The molecule has 0 spiro atoms. The molecule has 456 valence electrons. The summed E-state index contributed by atoms with van der Waals surface area (Å²) in [6.07, 6.45) is 6.24. The molecule has 17 nitrogen and oxygen atoms in total. The number of aromatic nitrogens is 9. The van der Waals surface area contributed by atoms with E-state index in [1.807, 2.05) is 58.4 Å². The van der Waals surface area contributed by atoms with E-state index in [2.05, 4.69) is 89.0 Å². The van der Waals surface area contributed by atoms with Crippen LogP contribution in [0.3, 0.4) is 0 Å². The number of ether oxygens (including phenoxy) is 1. The number of hydrogen-bond donors (Lipinski definition) is 3. The number of fused-ring (bicyclic) bond motifs is 6. The highest BCUT2D eigenvalue weighted by Gasteiger charge is 2.72. The maximum Gasteiger partial charge on any atom is 0.417 e. The molecule has 5 fully saturated rings. The van der Waals surface area contributed by atoms with Gasteiger partial charge in [-0.15, -0.1) is 27.8 Å². The third kappa shape index (κ3) is 11.4. The van der Waals surface area contributed by atoms with Crippen molar-refractivity contribution in [1.82, 2.24) is 65.6 Å². The molecule has 2 aromatic carbocycles. The third-order valence-corrected chi connectivity index (χ3v) is 20.5. The third-order valence-electron chi connectivity index (χ3n) is 18.4. The summed E-state index contributed by atoms with van der Waals surface area (Å²) in [4.78, 5) is 50.6. The van der Waals surface area contributed by atoms with E-state index < -0.39 is 29.1 Å². The molecule has 3 N–H and O–H groups in total. The number of rotatable bonds is 16. The van der Waals surface area contributed by atoms with E-state index in [0.717, 1.165) is 68.3 Å². The van der Waals surface area contributed by atoms with Gasteiger partial charge in [-0.3, -0.25) is 19.8 Å². The number of anilines is 1. The molecule has 1 amide bonds. The minimum atomic E-state index is -4.68. The molecule has 9 heterocycles. The summed E-state index contributed by atoms with van der Waals surface area (Å²) in [6, 6.07) is 11.6. The van der Waals surface area contributed by atoms with Crippen molar-refractivity contribution in [2.75, 3.05) is 58.3 Å². The Labute approximate surface area is 503 Å². The molecule has 2 saturated carbocycles. The summed E-state index contributed by atoms with van der Waals surface area (Å²) in [5.41, 5.74) is 3.61. The van der Waals surface area contributed by atoms with Crippen molar-refractivity contribution in [2.45, 2.75) is 142 Å². The fourth-order valence-electron chi connectivity index (χ4n) is 14.4. The highest BCUT2D eigenvalue weighted by atomic mass is 32.1. The number of alkyl halides is 5. The number of H-pyrrole nitrogens is 1. The Kier molecular flexibility index (Phi) is 15.4. The zero-order valence-electron chi connectivity index (χ0n) is 49.9. The predicted octanol–water partition coefficient (Wildman–Crippen LogP) is 11.4. The number of nitrogens with zero attached hydrogens (tertiary/aromatic N) is 11. The van der Waals surface area contributed by atoms with Crippen LogP contribution in [0.15, 0.2) is 60.5 Å². The van der Waals surface area contributed by atoms with Gasteiger partial charge in [-0.2, -0.15) is 28.2 Å². The number of nitrogens with one attached hydrogen (secondary N) is 3. The van der Waals surface area contributed by atoms with E-state index in [0.29, 0.717) is 63.2 Å². The Hall–Kier alpha value is -6.60. The quantitative estimate of drug-likeness (QED) is 0.0612. The zero-order chi connectivity index (χ0) is 60.9. The first-order chi connectivity index (χ1) is 40.7. The van der Waals surface area contributed by atoms with Crippen LogP contribution >= 0.6 is 22.7 Å². The lowest BCUT2D eigenvalue weighted by molar-refractivity contribution is -0.137. The fourth-order valence-corrected chi connectivity index (χ4v) is 16.4. The molecule has 2 aliphatic carbocycles. The van der Waals surface area contributed by atoms with Gasteiger partial charge in [0.1, 0.15) is 29.6 Å². The first-order valence-electron chi connectivity index (χ1n) is 29.4. The molecular formula is C62H73F5N14O3S2. The van der Waals surface area contributed by atoms with Gasteiger partial charge in [-0.25, -0.2) is 18.4 Å². The number of thiophene rings is 1. The Morgan fingerprint density at radius 3 is 2.36 bits per heavy atom. The number of pyridine rings is 1. The van der Waals surface area contributed by atoms with Gasteiger partial charge < -0.3 is 30.0 Å². The van der Waals surface area contributed by atoms with Crippen molar-refractivity contribution in [3.8, 4) is 27.7 Å². The van der Waals surface area contributed by atoms with Crippen molar-refractivity contribution in [2.24, 2.45) is 16.2 Å². The summed E-state index contributed by atoms with van der Waals surface area (Å²) < 4.78 is 84.1. The highest BCUT2D eigenvalue weighted by Crippen LogP contribution is 2.62. The Morgan fingerprint density at radius 2 is 1.72 bits per heavy atom. The molecule has 2 bridgehead atoms. The summed E-state index contributed by atoms with van der Waals surface area (Å²) in [7, 11) is 3.88. The van der Waals surface area contributed by atoms with Crippen LogP contribution in [0, 0.1) is 30.1 Å². The van der Waals surface area contributed by atoms with Crippen molar-refractivity contribution < 1.29 is 36.3 Å². The number of benzene rings is 2. The molecule has 3 saturated heterocycles. The van der Waals surface area contributed by atoms with Crippen molar-refractivity contribution in [1.29, 1.82) is 0 Å². The van der Waals surface area contributed by atoms with E-state index in [1.165, 1.54) is 47.2 Å². The molecule has 24 heteroatoms. The van der Waals surface area contributed by atoms with Crippen molar-refractivity contribution in [3.05, 3.63) is 88.6 Å². The van der Waals surface area contributed by atoms with Gasteiger partial charge in [-0.1, -0.05) is 64.1 Å². The van der Waals surface area contributed by atoms with Crippen molar-refractivity contribution >= 4 is 71.9 Å². The molecule has 5 atom stereocenters. The van der Waals surface area contributed by atoms with Crippen molar-refractivity contribution in [3.63, 3.8) is 0 Å². The topological polar surface area (TPSA) is 188 Å². The number of aldehydes is 1. The predicted molar refractivity (Wildman–Crippen MR) is 324 cm³/mol. The fraction of sp³-hybridized carbons (Fsp3) is 0.532. The molecule has 86 heavy (non-hydrogen) atoms. The number of carbonyl (C=O) groups excluding carboxylic acids is 2. The highest BCUT2D eigenvalue weighted by molar-refractivity contribution is 7.26. The Balaban J connectivity index is 0.000000276. The Morgan fingerprint density at radius 1 is 0.988 bits per heavy atom. The molecule has 4 unspecified atom stereocenters. The number of thiazole rings is 1. The first kappa shape index (κ1) is 59.7. The number of amides is 1. The van der Waals surface area contributed by atoms with Crippen LogP contribution in [0.25, 0.3) is 52.9 Å². The summed E-state index contributed by atoms with van der Waals surface area (Å²) >= 11 is 2.85. The van der Waals surface area contributed by atoms with Gasteiger partial charge in [0.05, 0.1) is 66.3 Å². The molecule has 13 rings (SSSR count). The second-order valence-corrected chi connectivity index (χ2v) is 28.5. The smallest absolute Gasteiger partial charge is 0.417 e. The van der Waals surface area contributed by atoms with Crippen LogP contribution in [0.1, 0.15) is 114 Å². The number of halogens is 5. The van der Waals surface area contributed by atoms with Gasteiger partial charge in [0.15, 0.2) is 0 Å². The van der Waals surface area contributed by atoms with E-state index >= 15 is 8.78 Å². The average molecular weight is 1220 g/mol. The van der Waals surface area contributed by atoms with Crippen LogP contribution in [0.4, 0.5) is 27.8 Å². The number of aryl methyl sites for hydroxylation is 2. The van der Waals surface area contributed by atoms with Crippen LogP contribution in [0.5, 0.6) is 6.01 Å². The lowest BCUT2D eigenvalue weighted by atomic mass is 9.53. The molecular weight excluding hydrogens is 1150 g/mol. The minimum Gasteiger partial charge on any atom is -0.462 e. The van der Waals surface area contributed by atoms with Crippen LogP contribution in [0.2, 0.25) is 0 Å². The average Bonchev–Trinajstić information content (AvgIpc) is 1.55. The maximum absolute atomic E-state index is 15.6. The molecule has 8 aromatic rings. The van der Waals surface area contributed by atoms with E-state index in [-0.39, 0.29) is 82.7 Å². The molecule has 3 aliphatic heterocycles. The van der Waals surface area contributed by atoms with Gasteiger partial charge in [-0.05, 0) is 113 Å². The monoisotopic (exact) mass is 1220 g/mol. The number of likely N-dealkylation sites (N-methyl/N-ethyl adjacent to an activating group) is 1. The van der Waals surface area contributed by atoms with Gasteiger partial charge in [0.2, 0.25) is 5.91 Å². The lowest BCUT2D eigenvalue weighted by Gasteiger charge is -2.53. The number of aromatic amines is 1. The normalized spacial score (nSPS) is 25.0. The lowest BCUT2D eigenvalue weighted by Crippen LogP contribution is -2.52. The minimum absolute atomic E-state index is 0.0372. The van der Waals surface area contributed by atoms with E-state index in [9.17, 15) is 22.8 Å². The number of piperazine rings is 1. The summed E-state index contributed by atoms with van der Waals surface area (Å²) in [5.74, 6) is -2.27. The SMILES string of the molecule is Cc1cc2[nH]ncc2c(-c2nccc3c2sc2nc(OC[C@]4(CN(C)CC5(C)CC(C)(c6cn(C(C=O)C(C)(C)C)nn6)C5)CC4(F)F)nc(N4CC5CCC(C4)N5)c23)c1C(F)(F)F.Cc1ncsc1-c1ccc(CNC(=O)C2CCCN2C)cc1. The second kappa shape index (κ2) is 22.2. The molecule has 0 radical (unpaired) electrons. The largest absolute Gasteiger partial charge is 0.462 e.